The number of benzene rings is 2. The van der Waals surface area contributed by atoms with Crippen LogP contribution in [0.5, 0.6) is 5.75 Å². The van der Waals surface area contributed by atoms with Crippen LogP contribution in [0.2, 0.25) is 0 Å². The van der Waals surface area contributed by atoms with Gasteiger partial charge in [0, 0.05) is 17.1 Å². The molecule has 1 saturated heterocycles. The summed E-state index contributed by atoms with van der Waals surface area (Å²) in [7, 11) is 0. The van der Waals surface area contributed by atoms with E-state index in [1.165, 1.54) is 17.1 Å². The topological polar surface area (TPSA) is 112 Å². The lowest BCUT2D eigenvalue weighted by Gasteiger charge is -2.47. The van der Waals surface area contributed by atoms with Crippen LogP contribution in [0.1, 0.15) is 25.0 Å². The SMILES string of the molecule is C=CCOC(=O)OC(C)[C@H]1C(=O)N2C(C(=O)OCC=C)=C(COc3cccc4c3-c3ccccc3/C4=C/CO)[C@H](C)C12. The number of rotatable bonds is 11. The van der Waals surface area contributed by atoms with Gasteiger partial charge in [-0.15, -0.1) is 0 Å². The molecule has 0 spiro atoms. The third kappa shape index (κ3) is 4.90. The van der Waals surface area contributed by atoms with Gasteiger partial charge in [-0.3, -0.25) is 4.79 Å². The van der Waals surface area contributed by atoms with Crippen molar-refractivity contribution in [2.45, 2.75) is 26.0 Å². The monoisotopic (exact) mass is 571 g/mol. The van der Waals surface area contributed by atoms with E-state index in [1.54, 1.807) is 13.0 Å². The van der Waals surface area contributed by atoms with E-state index in [9.17, 15) is 19.5 Å². The number of hydrogen-bond acceptors (Lipinski definition) is 8. The van der Waals surface area contributed by atoms with Crippen molar-refractivity contribution in [3.63, 3.8) is 0 Å². The molecule has 4 atom stereocenters. The summed E-state index contributed by atoms with van der Waals surface area (Å²) in [6.45, 7) is 10.6. The molecule has 3 aliphatic rings. The average Bonchev–Trinajstić information content (AvgIpc) is 3.43. The molecule has 42 heavy (non-hydrogen) atoms. The van der Waals surface area contributed by atoms with Crippen molar-refractivity contribution >= 4 is 23.6 Å². The van der Waals surface area contributed by atoms with Gasteiger partial charge >= 0.3 is 12.1 Å². The van der Waals surface area contributed by atoms with Gasteiger partial charge in [0.15, 0.2) is 0 Å². The van der Waals surface area contributed by atoms with E-state index in [4.69, 9.17) is 18.9 Å². The minimum atomic E-state index is -0.894. The number of aliphatic hydroxyl groups is 1. The minimum Gasteiger partial charge on any atom is -0.488 e. The first-order valence-electron chi connectivity index (χ1n) is 13.8. The zero-order valence-electron chi connectivity index (χ0n) is 23.6. The highest BCUT2D eigenvalue weighted by Gasteiger charge is 2.61. The van der Waals surface area contributed by atoms with E-state index >= 15 is 0 Å². The van der Waals surface area contributed by atoms with E-state index < -0.39 is 30.2 Å². The number of esters is 1. The number of fused-ring (bicyclic) bond motifs is 4. The Morgan fingerprint density at radius 1 is 1.02 bits per heavy atom. The summed E-state index contributed by atoms with van der Waals surface area (Å²) in [4.78, 5) is 40.1. The summed E-state index contributed by atoms with van der Waals surface area (Å²) in [5.41, 5.74) is 5.50. The van der Waals surface area contributed by atoms with E-state index in [-0.39, 0.29) is 43.9 Å². The molecule has 9 nitrogen and oxygen atoms in total. The Balaban J connectivity index is 1.44. The van der Waals surface area contributed by atoms with Crippen molar-refractivity contribution in [2.75, 3.05) is 26.4 Å². The van der Waals surface area contributed by atoms with Crippen molar-refractivity contribution in [1.82, 2.24) is 4.90 Å². The minimum absolute atomic E-state index is 0.0105. The molecular weight excluding hydrogens is 538 g/mol. The van der Waals surface area contributed by atoms with Crippen LogP contribution in [0.4, 0.5) is 4.79 Å². The second-order valence-electron chi connectivity index (χ2n) is 10.3. The fourth-order valence-corrected chi connectivity index (χ4v) is 6.10. The summed E-state index contributed by atoms with van der Waals surface area (Å²) in [6.07, 6.45) is 2.97. The molecule has 2 aromatic rings. The molecular formula is C33H33NO8. The molecule has 1 aliphatic carbocycles. The molecule has 0 radical (unpaired) electrons. The highest BCUT2D eigenvalue weighted by Crippen LogP contribution is 2.50. The molecule has 0 bridgehead atoms. The van der Waals surface area contributed by atoms with Crippen molar-refractivity contribution < 1.29 is 38.4 Å². The number of carbonyl (C=O) groups excluding carboxylic acids is 3. The molecule has 2 aromatic carbocycles. The largest absolute Gasteiger partial charge is 0.508 e. The number of amides is 1. The summed E-state index contributed by atoms with van der Waals surface area (Å²) in [5, 5.41) is 9.66. The molecule has 1 N–H and O–H groups in total. The Kier molecular flexibility index (Phi) is 8.31. The molecule has 0 saturated carbocycles. The maximum absolute atomic E-state index is 13.4. The number of nitrogens with zero attached hydrogens (tertiary/aromatic N) is 1. The highest BCUT2D eigenvalue weighted by molar-refractivity contribution is 6.03. The number of ether oxygens (including phenoxy) is 4. The van der Waals surface area contributed by atoms with Gasteiger partial charge < -0.3 is 29.0 Å². The van der Waals surface area contributed by atoms with Crippen LogP contribution in [0.3, 0.4) is 0 Å². The number of β-lactam (4-membered cyclic amide) rings is 1. The van der Waals surface area contributed by atoms with Crippen LogP contribution in [0, 0.1) is 11.8 Å². The lowest BCUT2D eigenvalue weighted by atomic mass is 9.77. The molecule has 2 heterocycles. The first-order chi connectivity index (χ1) is 20.3. The zero-order valence-corrected chi connectivity index (χ0v) is 23.6. The number of hydrogen-bond donors (Lipinski definition) is 1. The molecule has 9 heteroatoms. The van der Waals surface area contributed by atoms with Gasteiger partial charge in [0.25, 0.3) is 0 Å². The third-order valence-electron chi connectivity index (χ3n) is 7.91. The van der Waals surface area contributed by atoms with E-state index in [1.807, 2.05) is 49.4 Å². The third-order valence-corrected chi connectivity index (χ3v) is 7.91. The molecule has 218 valence electrons. The Labute approximate surface area is 244 Å². The van der Waals surface area contributed by atoms with Gasteiger partial charge in [0.05, 0.1) is 18.6 Å². The van der Waals surface area contributed by atoms with Gasteiger partial charge in [-0.05, 0) is 35.3 Å². The van der Waals surface area contributed by atoms with Crippen molar-refractivity contribution in [2.24, 2.45) is 11.8 Å². The lowest BCUT2D eigenvalue weighted by Crippen LogP contribution is -2.64. The lowest BCUT2D eigenvalue weighted by molar-refractivity contribution is -0.164. The van der Waals surface area contributed by atoms with E-state index in [0.29, 0.717) is 11.3 Å². The highest BCUT2D eigenvalue weighted by atomic mass is 16.7. The van der Waals surface area contributed by atoms with Crippen LogP contribution in [-0.2, 0) is 23.8 Å². The molecule has 1 fully saturated rings. The van der Waals surface area contributed by atoms with Crippen LogP contribution in [0.15, 0.2) is 85.1 Å². The maximum atomic E-state index is 13.4. The van der Waals surface area contributed by atoms with Gasteiger partial charge in [-0.2, -0.15) is 0 Å². The molecule has 1 amide bonds. The Morgan fingerprint density at radius 2 is 1.71 bits per heavy atom. The van der Waals surface area contributed by atoms with Crippen molar-refractivity contribution in [1.29, 1.82) is 0 Å². The fourth-order valence-electron chi connectivity index (χ4n) is 6.10. The summed E-state index contributed by atoms with van der Waals surface area (Å²) in [6, 6.07) is 13.2. The fraction of sp³-hybridized carbons (Fsp3) is 0.303. The average molecular weight is 572 g/mol. The van der Waals surface area contributed by atoms with Gasteiger partial charge in [0.1, 0.15) is 37.4 Å². The second kappa shape index (κ2) is 12.1. The molecule has 5 rings (SSSR count). The van der Waals surface area contributed by atoms with E-state index in [0.717, 1.165) is 27.8 Å². The summed E-state index contributed by atoms with van der Waals surface area (Å²) >= 11 is 0. The Morgan fingerprint density at radius 3 is 2.43 bits per heavy atom. The molecule has 0 aromatic heterocycles. The van der Waals surface area contributed by atoms with Gasteiger partial charge in [0.2, 0.25) is 5.91 Å². The summed E-state index contributed by atoms with van der Waals surface area (Å²) < 4.78 is 22.0. The number of aliphatic hydroxyl groups excluding tert-OH is 1. The first-order valence-corrected chi connectivity index (χ1v) is 13.8. The maximum Gasteiger partial charge on any atom is 0.508 e. The quantitative estimate of drug-likeness (QED) is 0.201. The second-order valence-corrected chi connectivity index (χ2v) is 10.3. The molecule has 2 unspecified atom stereocenters. The van der Waals surface area contributed by atoms with Gasteiger partial charge in [-0.25, -0.2) is 9.59 Å². The van der Waals surface area contributed by atoms with Crippen LogP contribution >= 0.6 is 0 Å². The molecule has 2 aliphatic heterocycles. The smallest absolute Gasteiger partial charge is 0.488 e. The zero-order chi connectivity index (χ0) is 30.0. The van der Waals surface area contributed by atoms with E-state index in [2.05, 4.69) is 13.2 Å². The Hall–Kier alpha value is -4.63. The normalized spacial score (nSPS) is 21.6. The predicted octanol–water partition coefficient (Wildman–Crippen LogP) is 4.66. The van der Waals surface area contributed by atoms with Crippen molar-refractivity contribution in [3.8, 4) is 16.9 Å². The van der Waals surface area contributed by atoms with Crippen LogP contribution in [0.25, 0.3) is 16.7 Å². The Bertz CT molecular complexity index is 1510. The van der Waals surface area contributed by atoms with Crippen LogP contribution in [-0.4, -0.2) is 66.6 Å². The number of carbonyl (C=O) groups is 3. The van der Waals surface area contributed by atoms with Crippen LogP contribution < -0.4 is 4.74 Å². The first kappa shape index (κ1) is 28.9. The van der Waals surface area contributed by atoms with Gasteiger partial charge in [-0.1, -0.05) is 74.7 Å². The standard InChI is InChI=1S/C33H33NO8/c1-5-16-39-32(37)30-25(19(3)29-27(31(36)34(29)30)20(4)42-33(38)40-17-6-2)18-41-26-13-9-12-24-22(14-15-35)21-10-7-8-11-23(21)28(24)26/h5-14,19-20,27,29,35H,1-2,15-18H2,3-4H3/b22-14-/t19-,20?,27+,29?/m0/s1. The summed E-state index contributed by atoms with van der Waals surface area (Å²) in [5.74, 6) is -1.34. The van der Waals surface area contributed by atoms with Crippen molar-refractivity contribution in [3.05, 3.63) is 96.2 Å². The predicted molar refractivity (Wildman–Crippen MR) is 155 cm³/mol.